The Kier molecular flexibility index (Phi) is 35.4. The van der Waals surface area contributed by atoms with E-state index >= 15 is 0 Å². The molecular weight excluding hydrogens is 1110 g/mol. The van der Waals surface area contributed by atoms with Crippen molar-refractivity contribution < 1.29 is 112 Å². The fraction of sp³-hybridized carbons (Fsp3) is 0.661. The van der Waals surface area contributed by atoms with E-state index in [9.17, 15) is 39.0 Å². The quantitative estimate of drug-likeness (QED) is 0.169. The van der Waals surface area contributed by atoms with Crippen LogP contribution in [0.15, 0.2) is 48.5 Å². The molecule has 4 atom stereocenters. The summed E-state index contributed by atoms with van der Waals surface area (Å²) >= 11 is 11.9. The SMILES string of the molecule is CC(=O)O.CC(=O)OOC(C)=O.CC(C)(C)OC(=O)N1CCC(=O)CC1.CC(C)(C)OC(=O)N1CCC(N2C[C@H](C(C)(C)O)OC[C@@H]2Cc2ccc(Cl)cc2)CC1.CC(C)(O)[C@H]1CN[C@@H](Cc2ccc(Cl)cc2)CO1.[B-]OC(C)=O.[Na+]. The van der Waals surface area contributed by atoms with Crippen LogP contribution in [0, 0.1) is 0 Å². The van der Waals surface area contributed by atoms with E-state index in [1.165, 1.54) is 18.1 Å². The average molecular weight is 1190 g/mol. The Morgan fingerprint density at radius 3 is 1.37 bits per heavy atom. The number of carboxylic acids is 1. The zero-order chi connectivity index (χ0) is 61.2. The number of aliphatic carboxylic acids is 1. The van der Waals surface area contributed by atoms with Crippen molar-refractivity contribution in [1.29, 1.82) is 0 Å². The minimum atomic E-state index is -0.902. The topological polar surface area (TPSA) is 267 Å². The number of ether oxygens (including phenoxy) is 4. The molecule has 451 valence electrons. The zero-order valence-corrected chi connectivity index (χ0v) is 53.6. The number of carboxylic acid groups (broad SMARTS) is 1. The summed E-state index contributed by atoms with van der Waals surface area (Å²) in [7, 11) is 4.32. The predicted octanol–water partition coefficient (Wildman–Crippen LogP) is 4.47. The van der Waals surface area contributed by atoms with Crippen molar-refractivity contribution in [3.05, 3.63) is 69.7 Å². The van der Waals surface area contributed by atoms with Gasteiger partial charge >= 0.3 is 53.7 Å². The molecular formula is C56H87BCl2N4NaO17. The van der Waals surface area contributed by atoms with Gasteiger partial charge < -0.3 is 62.1 Å². The molecule has 0 aromatic heterocycles. The Balaban J connectivity index is 0.00000109. The first kappa shape index (κ1) is 76.9. The molecule has 21 nitrogen and oxygen atoms in total. The van der Waals surface area contributed by atoms with Crippen molar-refractivity contribution in [3.8, 4) is 0 Å². The number of aliphatic hydroxyl groups is 2. The second-order valence-corrected chi connectivity index (χ2v) is 23.4. The van der Waals surface area contributed by atoms with E-state index in [0.29, 0.717) is 77.4 Å². The summed E-state index contributed by atoms with van der Waals surface area (Å²) in [6.07, 6.45) is 3.53. The van der Waals surface area contributed by atoms with Crippen LogP contribution in [0.5, 0.6) is 0 Å². The summed E-state index contributed by atoms with van der Waals surface area (Å²) in [4.78, 5) is 86.6. The number of halogens is 2. The number of carbonyl (C=O) groups is 7. The summed E-state index contributed by atoms with van der Waals surface area (Å²) in [6, 6.07) is 16.7. The second-order valence-electron chi connectivity index (χ2n) is 22.6. The summed E-state index contributed by atoms with van der Waals surface area (Å²) in [6.45, 7) is 27.8. The second kappa shape index (κ2) is 37.3. The molecule has 3 radical (unpaired) electrons. The van der Waals surface area contributed by atoms with E-state index in [1.54, 1.807) is 32.6 Å². The van der Waals surface area contributed by atoms with Crippen LogP contribution in [0.3, 0.4) is 0 Å². The van der Waals surface area contributed by atoms with Gasteiger partial charge in [0.25, 0.3) is 5.97 Å². The molecule has 0 unspecified atom stereocenters. The fourth-order valence-corrected chi connectivity index (χ4v) is 8.11. The van der Waals surface area contributed by atoms with Gasteiger partial charge in [-0.1, -0.05) is 47.5 Å². The molecule has 4 fully saturated rings. The molecule has 2 amide bonds. The first-order valence-electron chi connectivity index (χ1n) is 26.4. The number of likely N-dealkylation sites (tertiary alicyclic amines) is 2. The largest absolute Gasteiger partial charge is 1.00 e. The van der Waals surface area contributed by atoms with Gasteiger partial charge in [0.15, 0.2) is 0 Å². The van der Waals surface area contributed by atoms with Crippen LogP contribution in [-0.4, -0.2) is 185 Å². The number of benzene rings is 2. The number of piperidine rings is 2. The van der Waals surface area contributed by atoms with Crippen LogP contribution in [0.4, 0.5) is 9.59 Å². The number of nitrogens with one attached hydrogen (secondary N) is 1. The molecule has 0 aliphatic carbocycles. The molecule has 4 N–H and O–H groups in total. The van der Waals surface area contributed by atoms with E-state index in [2.05, 4.69) is 44.8 Å². The number of amides is 2. The smallest absolute Gasteiger partial charge is 0.793 e. The number of nitrogens with zero attached hydrogens (tertiary/aromatic N) is 3. The maximum atomic E-state index is 12.4. The van der Waals surface area contributed by atoms with Gasteiger partial charge in [-0.05, 0) is 130 Å². The molecule has 0 bridgehead atoms. The Labute approximate surface area is 512 Å². The molecule has 2 aromatic rings. The van der Waals surface area contributed by atoms with Gasteiger partial charge in [-0.25, -0.2) is 29.0 Å². The first-order chi connectivity index (χ1) is 36.9. The molecule has 81 heavy (non-hydrogen) atoms. The van der Waals surface area contributed by atoms with Gasteiger partial charge in [-0.2, -0.15) is 0 Å². The zero-order valence-electron chi connectivity index (χ0n) is 50.1. The number of hydrogen-bond donors (Lipinski definition) is 4. The number of carbonyl (C=O) groups excluding carboxylic acids is 6. The summed E-state index contributed by atoms with van der Waals surface area (Å²) in [5.74, 6) is -2.35. The third-order valence-corrected chi connectivity index (χ3v) is 12.3. The van der Waals surface area contributed by atoms with E-state index in [-0.39, 0.29) is 65.8 Å². The molecule has 25 heteroatoms. The Morgan fingerprint density at radius 2 is 1.02 bits per heavy atom. The Hall–Kier alpha value is -4.07. The third-order valence-electron chi connectivity index (χ3n) is 11.8. The number of ketones is 1. The van der Waals surface area contributed by atoms with Gasteiger partial charge in [0.2, 0.25) is 5.97 Å². The minimum Gasteiger partial charge on any atom is -0.793 e. The molecule has 4 heterocycles. The molecule has 2 aromatic carbocycles. The Morgan fingerprint density at radius 1 is 0.642 bits per heavy atom. The van der Waals surface area contributed by atoms with Gasteiger partial charge in [0, 0.05) is 108 Å². The van der Waals surface area contributed by atoms with Crippen LogP contribution in [-0.2, 0) is 70.2 Å². The van der Waals surface area contributed by atoms with E-state index in [1.807, 2.05) is 82.8 Å². The maximum absolute atomic E-state index is 12.4. The summed E-state index contributed by atoms with van der Waals surface area (Å²) in [5, 5.41) is 32.8. The summed E-state index contributed by atoms with van der Waals surface area (Å²) in [5.41, 5.74) is -0.183. The summed E-state index contributed by atoms with van der Waals surface area (Å²) < 4.78 is 26.1. The van der Waals surface area contributed by atoms with Gasteiger partial charge in [0.05, 0.1) is 36.6 Å². The standard InChI is InChI=1S/C24H37ClN2O4.C14H20ClNO2.C10H17NO3.C4H6O4.C2H3BO2.C2H4O2.Na/c1-23(2,3)31-22(28)26-12-10-19(11-13-26)27-15-21(24(4,5)29)30-16-20(27)14-17-6-8-18(25)9-7-17;1-14(2,17)13-8-16-12(9-18-13)7-10-3-5-11(15)6-4-10;1-10(2,3)14-9(13)11-6-4-8(12)5-7-11;1-3(5)7-8-4(2)6;1-2(4)5-3;1-2(3)4;/h6-9,19-21,29H,10-16H2,1-5H3;3-6,12-13,16-17H,7-9H2,1-2H3;4-7H2,1-3H3;1-2H3;1H3;1H3,(H,3,4);/q;;;;-1;;+1/t20-,21+;12-,13+;;;;;/m00...../s1. The van der Waals surface area contributed by atoms with Crippen molar-refractivity contribution in [3.63, 3.8) is 0 Å². The van der Waals surface area contributed by atoms with E-state index < -0.39 is 46.3 Å². The molecule has 4 aliphatic heterocycles. The van der Waals surface area contributed by atoms with Gasteiger partial charge in [0.1, 0.15) is 17.0 Å². The van der Waals surface area contributed by atoms with E-state index in [0.717, 1.165) is 56.5 Å². The van der Waals surface area contributed by atoms with Crippen LogP contribution in [0.1, 0.15) is 134 Å². The van der Waals surface area contributed by atoms with Crippen LogP contribution >= 0.6 is 23.2 Å². The van der Waals surface area contributed by atoms with Crippen LogP contribution in [0.25, 0.3) is 0 Å². The van der Waals surface area contributed by atoms with Crippen molar-refractivity contribution in [1.82, 2.24) is 20.0 Å². The van der Waals surface area contributed by atoms with Crippen molar-refractivity contribution in [2.45, 2.75) is 188 Å². The van der Waals surface area contributed by atoms with Gasteiger partial charge in [-0.3, -0.25) is 19.3 Å². The molecule has 0 spiro atoms. The van der Waals surface area contributed by atoms with Crippen molar-refractivity contribution in [2.24, 2.45) is 0 Å². The van der Waals surface area contributed by atoms with Gasteiger partial charge in [-0.15, -0.1) is 0 Å². The van der Waals surface area contributed by atoms with Crippen molar-refractivity contribution in [2.75, 3.05) is 52.5 Å². The van der Waals surface area contributed by atoms with Crippen LogP contribution in [0.2, 0.25) is 10.0 Å². The monoisotopic (exact) mass is 1190 g/mol. The molecule has 0 saturated carbocycles. The van der Waals surface area contributed by atoms with Crippen LogP contribution < -0.4 is 34.9 Å². The maximum Gasteiger partial charge on any atom is 1.00 e. The third kappa shape index (κ3) is 35.6. The number of hydrogen-bond acceptors (Lipinski definition) is 18. The number of morpholine rings is 2. The molecule has 4 aliphatic rings. The predicted molar refractivity (Wildman–Crippen MR) is 302 cm³/mol. The fourth-order valence-electron chi connectivity index (χ4n) is 7.86. The normalized spacial score (nSPS) is 19.5. The molecule has 6 rings (SSSR count). The molecule has 4 saturated heterocycles. The first-order valence-corrected chi connectivity index (χ1v) is 27.2. The van der Waals surface area contributed by atoms with E-state index in [4.69, 9.17) is 52.1 Å². The van der Waals surface area contributed by atoms with Crippen molar-refractivity contribution >= 4 is 73.1 Å². The number of rotatable bonds is 7. The average Bonchev–Trinajstić information content (AvgIpc) is 3.34. The Bertz CT molecular complexity index is 2200. The number of Topliss-reactive ketones (excluding diaryl/α,β-unsaturated/α-hetero) is 1. The minimum absolute atomic E-state index is 0.